The van der Waals surface area contributed by atoms with Gasteiger partial charge in [0.15, 0.2) is 5.65 Å². The Morgan fingerprint density at radius 1 is 1.25 bits per heavy atom. The molecule has 1 aromatic carbocycles. The van der Waals surface area contributed by atoms with Gasteiger partial charge in [0.2, 0.25) is 5.95 Å². The molecule has 3 aromatic rings. The zero-order valence-corrected chi connectivity index (χ0v) is 11.0. The Kier molecular flexibility index (Phi) is 2.84. The van der Waals surface area contributed by atoms with Crippen molar-refractivity contribution in [3.63, 3.8) is 0 Å². The first kappa shape index (κ1) is 12.2. The fourth-order valence-corrected chi connectivity index (χ4v) is 2.19. The molecule has 0 fully saturated rings. The molecule has 0 amide bonds. The zero-order chi connectivity index (χ0) is 14.1. The van der Waals surface area contributed by atoms with Crippen molar-refractivity contribution in [3.8, 4) is 6.07 Å². The summed E-state index contributed by atoms with van der Waals surface area (Å²) in [5.41, 5.74) is 10.1. The van der Waals surface area contributed by atoms with Crippen LogP contribution in [0, 0.1) is 18.3 Å². The van der Waals surface area contributed by atoms with Crippen molar-refractivity contribution in [2.24, 2.45) is 0 Å². The minimum atomic E-state index is 0.431. The van der Waals surface area contributed by atoms with E-state index in [0.29, 0.717) is 18.1 Å². The van der Waals surface area contributed by atoms with Crippen LogP contribution in [0.3, 0.4) is 0 Å². The highest BCUT2D eigenvalue weighted by atomic mass is 15.2. The lowest BCUT2D eigenvalue weighted by molar-refractivity contribution is 0.825. The Morgan fingerprint density at radius 2 is 2.10 bits per heavy atom. The minimum Gasteiger partial charge on any atom is -0.369 e. The normalized spacial score (nSPS) is 10.6. The summed E-state index contributed by atoms with van der Waals surface area (Å²) in [4.78, 5) is 8.80. The number of hydrogen-bond acceptors (Lipinski definition) is 4. The SMILES string of the molecule is Cc1ccc2nc(N)n(Cc3cccc(C#N)c3)c2n1. The van der Waals surface area contributed by atoms with Gasteiger partial charge in [-0.05, 0) is 36.8 Å². The first-order valence-electron chi connectivity index (χ1n) is 6.26. The predicted molar refractivity (Wildman–Crippen MR) is 76.9 cm³/mol. The average Bonchev–Trinajstić information content (AvgIpc) is 2.75. The van der Waals surface area contributed by atoms with Gasteiger partial charge in [0, 0.05) is 5.69 Å². The van der Waals surface area contributed by atoms with E-state index < -0.39 is 0 Å². The van der Waals surface area contributed by atoms with Gasteiger partial charge in [0.1, 0.15) is 5.52 Å². The van der Waals surface area contributed by atoms with Crippen molar-refractivity contribution in [3.05, 3.63) is 53.2 Å². The fourth-order valence-electron chi connectivity index (χ4n) is 2.19. The monoisotopic (exact) mass is 263 g/mol. The molecule has 0 saturated heterocycles. The largest absolute Gasteiger partial charge is 0.369 e. The van der Waals surface area contributed by atoms with Gasteiger partial charge in [-0.15, -0.1) is 0 Å². The Morgan fingerprint density at radius 3 is 2.90 bits per heavy atom. The molecule has 0 aliphatic heterocycles. The van der Waals surface area contributed by atoms with E-state index in [1.165, 1.54) is 0 Å². The molecule has 98 valence electrons. The van der Waals surface area contributed by atoms with Gasteiger partial charge in [-0.3, -0.25) is 4.57 Å². The van der Waals surface area contributed by atoms with E-state index in [1.807, 2.05) is 41.8 Å². The molecule has 5 nitrogen and oxygen atoms in total. The van der Waals surface area contributed by atoms with Gasteiger partial charge >= 0.3 is 0 Å². The van der Waals surface area contributed by atoms with E-state index in [0.717, 1.165) is 22.4 Å². The third-order valence-corrected chi connectivity index (χ3v) is 3.16. The lowest BCUT2D eigenvalue weighted by Crippen LogP contribution is -2.05. The predicted octanol–water partition coefficient (Wildman–Crippen LogP) is 2.24. The lowest BCUT2D eigenvalue weighted by Gasteiger charge is -2.06. The molecule has 0 spiro atoms. The van der Waals surface area contributed by atoms with Gasteiger partial charge in [0.05, 0.1) is 18.2 Å². The highest BCUT2D eigenvalue weighted by Gasteiger charge is 2.10. The molecule has 0 aliphatic rings. The molecular formula is C15H13N5. The van der Waals surface area contributed by atoms with E-state index in [4.69, 9.17) is 11.0 Å². The van der Waals surface area contributed by atoms with Crippen LogP contribution >= 0.6 is 0 Å². The maximum atomic E-state index is 8.94. The molecule has 5 heteroatoms. The first-order chi connectivity index (χ1) is 9.67. The Balaban J connectivity index is 2.08. The van der Waals surface area contributed by atoms with Crippen LogP contribution in [0.2, 0.25) is 0 Å². The summed E-state index contributed by atoms with van der Waals surface area (Å²) in [7, 11) is 0. The molecule has 2 N–H and O–H groups in total. The molecule has 2 aromatic heterocycles. The van der Waals surface area contributed by atoms with Crippen molar-refractivity contribution in [1.82, 2.24) is 14.5 Å². The third-order valence-electron chi connectivity index (χ3n) is 3.16. The van der Waals surface area contributed by atoms with Crippen LogP contribution < -0.4 is 5.73 Å². The number of nitrogens with zero attached hydrogens (tertiary/aromatic N) is 4. The van der Waals surface area contributed by atoms with Gasteiger partial charge < -0.3 is 5.73 Å². The molecule has 0 atom stereocenters. The number of aryl methyl sites for hydroxylation is 1. The summed E-state index contributed by atoms with van der Waals surface area (Å²) in [5.74, 6) is 0.431. The first-order valence-corrected chi connectivity index (χ1v) is 6.26. The van der Waals surface area contributed by atoms with Gasteiger partial charge in [-0.2, -0.15) is 5.26 Å². The number of imidazole rings is 1. The number of nitrogens with two attached hydrogens (primary N) is 1. The van der Waals surface area contributed by atoms with Crippen LogP contribution in [-0.4, -0.2) is 14.5 Å². The molecule has 0 bridgehead atoms. The van der Waals surface area contributed by atoms with Crippen molar-refractivity contribution in [1.29, 1.82) is 5.26 Å². The van der Waals surface area contributed by atoms with E-state index in [9.17, 15) is 0 Å². The number of pyridine rings is 1. The molecule has 20 heavy (non-hydrogen) atoms. The summed E-state index contributed by atoms with van der Waals surface area (Å²) in [6.45, 7) is 2.48. The summed E-state index contributed by atoms with van der Waals surface area (Å²) in [5, 5.41) is 8.94. The maximum absolute atomic E-state index is 8.94. The van der Waals surface area contributed by atoms with Crippen molar-refractivity contribution in [2.75, 3.05) is 5.73 Å². The number of nitriles is 1. The van der Waals surface area contributed by atoms with E-state index in [2.05, 4.69) is 16.0 Å². The highest BCUT2D eigenvalue weighted by molar-refractivity contribution is 5.74. The summed E-state index contributed by atoms with van der Waals surface area (Å²) < 4.78 is 1.86. The van der Waals surface area contributed by atoms with Crippen LogP contribution in [0.15, 0.2) is 36.4 Å². The number of rotatable bonds is 2. The van der Waals surface area contributed by atoms with Crippen LogP contribution in [-0.2, 0) is 6.54 Å². The number of hydrogen-bond donors (Lipinski definition) is 1. The standard InChI is InChI=1S/C15H13N5/c1-10-5-6-13-14(18-10)20(15(17)19-13)9-12-4-2-3-11(7-12)8-16/h2-7H,9H2,1H3,(H2,17,19). The summed E-state index contributed by atoms with van der Waals surface area (Å²) in [6, 6.07) is 13.4. The molecule has 0 aliphatic carbocycles. The molecule has 3 rings (SSSR count). The quantitative estimate of drug-likeness (QED) is 0.768. The van der Waals surface area contributed by atoms with Crippen LogP contribution in [0.1, 0.15) is 16.8 Å². The number of nitrogen functional groups attached to an aromatic ring is 1. The van der Waals surface area contributed by atoms with E-state index in [-0.39, 0.29) is 0 Å². The molecular weight excluding hydrogens is 250 g/mol. The van der Waals surface area contributed by atoms with Gasteiger partial charge in [-0.1, -0.05) is 12.1 Å². The molecule has 0 unspecified atom stereocenters. The van der Waals surface area contributed by atoms with Crippen LogP contribution in [0.5, 0.6) is 0 Å². The number of benzene rings is 1. The average molecular weight is 263 g/mol. The van der Waals surface area contributed by atoms with Crippen LogP contribution in [0.25, 0.3) is 11.2 Å². The van der Waals surface area contributed by atoms with E-state index >= 15 is 0 Å². The third kappa shape index (κ3) is 2.08. The number of anilines is 1. The lowest BCUT2D eigenvalue weighted by atomic mass is 10.1. The van der Waals surface area contributed by atoms with Gasteiger partial charge in [0.25, 0.3) is 0 Å². The topological polar surface area (TPSA) is 80.5 Å². The van der Waals surface area contributed by atoms with E-state index in [1.54, 1.807) is 6.07 Å². The second-order valence-electron chi connectivity index (χ2n) is 4.66. The molecule has 0 saturated carbocycles. The summed E-state index contributed by atoms with van der Waals surface area (Å²) in [6.07, 6.45) is 0. The van der Waals surface area contributed by atoms with Crippen molar-refractivity contribution < 1.29 is 0 Å². The number of fused-ring (bicyclic) bond motifs is 1. The van der Waals surface area contributed by atoms with Crippen LogP contribution in [0.4, 0.5) is 5.95 Å². The highest BCUT2D eigenvalue weighted by Crippen LogP contribution is 2.18. The smallest absolute Gasteiger partial charge is 0.202 e. The Labute approximate surface area is 116 Å². The zero-order valence-electron chi connectivity index (χ0n) is 11.0. The van der Waals surface area contributed by atoms with Gasteiger partial charge in [-0.25, -0.2) is 9.97 Å². The fraction of sp³-hybridized carbons (Fsp3) is 0.133. The van der Waals surface area contributed by atoms with Crippen molar-refractivity contribution >= 4 is 17.1 Å². The minimum absolute atomic E-state index is 0.431. The van der Waals surface area contributed by atoms with Crippen molar-refractivity contribution in [2.45, 2.75) is 13.5 Å². The Hall–Kier alpha value is -2.87. The molecule has 2 heterocycles. The molecule has 0 radical (unpaired) electrons. The second kappa shape index (κ2) is 4.67. The maximum Gasteiger partial charge on any atom is 0.202 e. The number of aromatic nitrogens is 3. The summed E-state index contributed by atoms with van der Waals surface area (Å²) >= 11 is 0. The second-order valence-corrected chi connectivity index (χ2v) is 4.66. The Bertz CT molecular complexity index is 826.